The van der Waals surface area contributed by atoms with Crippen molar-refractivity contribution < 1.29 is 8.42 Å². The quantitative estimate of drug-likeness (QED) is 0.688. The SMILES string of the molecule is CCc1ccc(S(=O)(=O)NC(CC)(CBr)CBr)s1. The Bertz CT molecular complexity index is 473. The van der Waals surface area contributed by atoms with Gasteiger partial charge in [-0.25, -0.2) is 13.1 Å². The van der Waals surface area contributed by atoms with Crippen LogP contribution in [0.3, 0.4) is 0 Å². The van der Waals surface area contributed by atoms with Crippen LogP contribution in [0, 0.1) is 0 Å². The van der Waals surface area contributed by atoms with Gasteiger partial charge >= 0.3 is 0 Å². The summed E-state index contributed by atoms with van der Waals surface area (Å²) < 4.78 is 27.8. The second kappa shape index (κ2) is 6.83. The molecule has 0 aliphatic heterocycles. The summed E-state index contributed by atoms with van der Waals surface area (Å²) in [4.78, 5) is 1.08. The maximum absolute atomic E-state index is 12.3. The predicted octanol–water partition coefficient (Wildman–Crippen LogP) is 3.53. The number of halogens is 2. The van der Waals surface area contributed by atoms with Crippen LogP contribution >= 0.6 is 43.2 Å². The number of hydrogen-bond acceptors (Lipinski definition) is 3. The Morgan fingerprint density at radius 3 is 2.28 bits per heavy atom. The lowest BCUT2D eigenvalue weighted by Crippen LogP contribution is -2.50. The Kier molecular flexibility index (Phi) is 6.31. The van der Waals surface area contributed by atoms with Crippen molar-refractivity contribution >= 4 is 53.2 Å². The smallest absolute Gasteiger partial charge is 0.206 e. The minimum atomic E-state index is -3.43. The van der Waals surface area contributed by atoms with Gasteiger partial charge in [-0.05, 0) is 25.0 Å². The number of alkyl halides is 2. The Morgan fingerprint density at radius 1 is 1.28 bits per heavy atom. The van der Waals surface area contributed by atoms with Crippen molar-refractivity contribution in [2.75, 3.05) is 10.7 Å². The zero-order valence-electron chi connectivity index (χ0n) is 10.4. The number of thiophene rings is 1. The maximum Gasteiger partial charge on any atom is 0.250 e. The molecule has 1 N–H and O–H groups in total. The Labute approximate surface area is 130 Å². The number of hydrogen-bond donors (Lipinski definition) is 1. The van der Waals surface area contributed by atoms with Crippen molar-refractivity contribution in [2.45, 2.75) is 36.4 Å². The van der Waals surface area contributed by atoms with Gasteiger partial charge < -0.3 is 0 Å². The van der Waals surface area contributed by atoms with Crippen molar-refractivity contribution in [1.29, 1.82) is 0 Å². The van der Waals surface area contributed by atoms with Crippen LogP contribution in [0.15, 0.2) is 16.3 Å². The van der Waals surface area contributed by atoms with Crippen molar-refractivity contribution in [3.63, 3.8) is 0 Å². The molecular weight excluding hydrogens is 402 g/mol. The predicted molar refractivity (Wildman–Crippen MR) is 84.6 cm³/mol. The van der Waals surface area contributed by atoms with E-state index in [1.54, 1.807) is 6.07 Å². The zero-order chi connectivity index (χ0) is 13.8. The molecule has 0 aliphatic carbocycles. The summed E-state index contributed by atoms with van der Waals surface area (Å²) in [7, 11) is -3.43. The highest BCUT2D eigenvalue weighted by Crippen LogP contribution is 2.25. The average Bonchev–Trinajstić information content (AvgIpc) is 2.85. The molecule has 0 aliphatic rings. The highest BCUT2D eigenvalue weighted by molar-refractivity contribution is 9.09. The number of aryl methyl sites for hydroxylation is 1. The Hall–Kier alpha value is 0.570. The highest BCUT2D eigenvalue weighted by atomic mass is 79.9. The molecule has 1 heterocycles. The van der Waals surface area contributed by atoms with Crippen LogP contribution in [-0.4, -0.2) is 24.6 Å². The van der Waals surface area contributed by atoms with Crippen LogP contribution < -0.4 is 4.72 Å². The first-order valence-electron chi connectivity index (χ1n) is 5.67. The summed E-state index contributed by atoms with van der Waals surface area (Å²) in [5.41, 5.74) is -0.477. The van der Waals surface area contributed by atoms with E-state index in [9.17, 15) is 8.42 Å². The summed E-state index contributed by atoms with van der Waals surface area (Å²) in [6, 6.07) is 3.55. The minimum absolute atomic E-state index is 0.388. The maximum atomic E-state index is 12.3. The normalized spacial score (nSPS) is 12.9. The number of sulfonamides is 1. The lowest BCUT2D eigenvalue weighted by Gasteiger charge is -2.29. The third-order valence-corrected chi connectivity index (χ3v) is 8.24. The molecule has 0 saturated heterocycles. The summed E-state index contributed by atoms with van der Waals surface area (Å²) in [5, 5.41) is 1.15. The molecular formula is C11H17Br2NO2S2. The highest BCUT2D eigenvalue weighted by Gasteiger charge is 2.32. The molecule has 1 aromatic rings. The van der Waals surface area contributed by atoms with Crippen molar-refractivity contribution in [3.05, 3.63) is 17.0 Å². The van der Waals surface area contributed by atoms with Crippen LogP contribution in [0.4, 0.5) is 0 Å². The van der Waals surface area contributed by atoms with Gasteiger partial charge in [-0.15, -0.1) is 11.3 Å². The third-order valence-electron chi connectivity index (χ3n) is 2.79. The van der Waals surface area contributed by atoms with E-state index in [0.717, 1.165) is 17.7 Å². The van der Waals surface area contributed by atoms with Crippen molar-refractivity contribution in [3.8, 4) is 0 Å². The van der Waals surface area contributed by atoms with E-state index in [1.165, 1.54) is 11.3 Å². The van der Waals surface area contributed by atoms with Crippen LogP contribution in [0.25, 0.3) is 0 Å². The molecule has 1 aromatic heterocycles. The van der Waals surface area contributed by atoms with E-state index < -0.39 is 15.6 Å². The molecule has 18 heavy (non-hydrogen) atoms. The molecule has 0 spiro atoms. The van der Waals surface area contributed by atoms with E-state index in [1.807, 2.05) is 19.9 Å². The third kappa shape index (κ3) is 3.79. The fourth-order valence-corrected chi connectivity index (χ4v) is 6.52. The van der Waals surface area contributed by atoms with E-state index in [4.69, 9.17) is 0 Å². The average molecular weight is 419 g/mol. The van der Waals surface area contributed by atoms with Gasteiger partial charge in [0, 0.05) is 15.5 Å². The molecule has 0 fully saturated rings. The molecule has 3 nitrogen and oxygen atoms in total. The Morgan fingerprint density at radius 2 is 1.89 bits per heavy atom. The van der Waals surface area contributed by atoms with E-state index >= 15 is 0 Å². The monoisotopic (exact) mass is 417 g/mol. The van der Waals surface area contributed by atoms with Crippen molar-refractivity contribution in [2.24, 2.45) is 0 Å². The first-order chi connectivity index (χ1) is 8.43. The van der Waals surface area contributed by atoms with Gasteiger partial charge in [0.1, 0.15) is 4.21 Å². The first kappa shape index (κ1) is 16.6. The van der Waals surface area contributed by atoms with Crippen LogP contribution in [0.5, 0.6) is 0 Å². The standard InChI is InChI=1S/C11H17Br2NO2S2/c1-3-9-5-6-10(17-9)18(15,16)14-11(4-2,7-12)8-13/h5-6,14H,3-4,7-8H2,1-2H3. The molecule has 7 heteroatoms. The van der Waals surface area contributed by atoms with Gasteiger partial charge in [0.15, 0.2) is 0 Å². The molecule has 0 aromatic carbocycles. The van der Waals surface area contributed by atoms with Gasteiger partial charge in [0.05, 0.1) is 5.54 Å². The van der Waals surface area contributed by atoms with Crippen molar-refractivity contribution in [1.82, 2.24) is 4.72 Å². The number of nitrogens with one attached hydrogen (secondary N) is 1. The molecule has 104 valence electrons. The largest absolute Gasteiger partial charge is 0.250 e. The van der Waals surface area contributed by atoms with Crippen LogP contribution in [-0.2, 0) is 16.4 Å². The van der Waals surface area contributed by atoms with E-state index in [2.05, 4.69) is 36.6 Å². The second-order valence-corrected chi connectivity index (χ2v) is 8.28. The van der Waals surface area contributed by atoms with Gasteiger partial charge in [-0.3, -0.25) is 0 Å². The molecule has 0 amide bonds. The van der Waals surface area contributed by atoms with Crippen LogP contribution in [0.2, 0.25) is 0 Å². The minimum Gasteiger partial charge on any atom is -0.206 e. The summed E-state index contributed by atoms with van der Waals surface area (Å²) in [6.45, 7) is 3.99. The van der Waals surface area contributed by atoms with Crippen LogP contribution in [0.1, 0.15) is 25.1 Å². The lowest BCUT2D eigenvalue weighted by molar-refractivity contribution is 0.460. The second-order valence-electron chi connectivity index (χ2n) is 4.08. The first-order valence-corrected chi connectivity index (χ1v) is 10.2. The molecule has 0 radical (unpaired) electrons. The van der Waals surface area contributed by atoms with Gasteiger partial charge in [-0.1, -0.05) is 45.7 Å². The fraction of sp³-hybridized carbons (Fsp3) is 0.636. The van der Waals surface area contributed by atoms with Gasteiger partial charge in [0.2, 0.25) is 0 Å². The zero-order valence-corrected chi connectivity index (χ0v) is 15.2. The number of rotatable bonds is 7. The molecule has 0 saturated carbocycles. The van der Waals surface area contributed by atoms with Gasteiger partial charge in [-0.2, -0.15) is 0 Å². The molecule has 0 atom stereocenters. The topological polar surface area (TPSA) is 46.2 Å². The Balaban J connectivity index is 3.00. The summed E-state index contributed by atoms with van der Waals surface area (Å²) >= 11 is 8.10. The lowest BCUT2D eigenvalue weighted by atomic mass is 10.0. The van der Waals surface area contributed by atoms with E-state index in [-0.39, 0.29) is 0 Å². The summed E-state index contributed by atoms with van der Waals surface area (Å²) in [6.07, 6.45) is 1.57. The van der Waals surface area contributed by atoms with Gasteiger partial charge in [0.25, 0.3) is 10.0 Å². The van der Waals surface area contributed by atoms with E-state index in [0.29, 0.717) is 14.9 Å². The molecule has 0 unspecified atom stereocenters. The molecule has 1 rings (SSSR count). The fourth-order valence-electron chi connectivity index (χ4n) is 1.38. The molecule has 0 bridgehead atoms. The summed E-state index contributed by atoms with van der Waals surface area (Å²) in [5.74, 6) is 0.